The smallest absolute Gasteiger partial charge is 0.331 e. The molecule has 0 saturated carbocycles. The van der Waals surface area contributed by atoms with Crippen molar-refractivity contribution < 1.29 is 19.8 Å². The molecule has 0 aliphatic carbocycles. The molecule has 0 aromatic heterocycles. The highest BCUT2D eigenvalue weighted by atomic mass is 16.4. The molecular weight excluding hydrogens is 280 g/mol. The van der Waals surface area contributed by atoms with Crippen molar-refractivity contribution in [2.75, 3.05) is 0 Å². The second-order valence-corrected chi connectivity index (χ2v) is 5.95. The third kappa shape index (κ3) is 13.7. The Kier molecular flexibility index (Phi) is 13.7. The molecule has 0 aliphatic heterocycles. The van der Waals surface area contributed by atoms with Gasteiger partial charge in [0, 0.05) is 11.6 Å². The van der Waals surface area contributed by atoms with E-state index in [2.05, 4.69) is 6.92 Å². The second-order valence-electron chi connectivity index (χ2n) is 5.95. The molecule has 0 rings (SSSR count). The fraction of sp³-hybridized carbons (Fsp3) is 0.778. The Balaban J connectivity index is 3.43. The molecule has 0 aromatic rings. The molecule has 128 valence electrons. The van der Waals surface area contributed by atoms with E-state index in [1.165, 1.54) is 57.8 Å². The third-order valence-electron chi connectivity index (χ3n) is 3.87. The van der Waals surface area contributed by atoms with Crippen LogP contribution in [-0.4, -0.2) is 22.2 Å². The molecule has 4 nitrogen and oxygen atoms in total. The number of hydrogen-bond acceptors (Lipinski definition) is 2. The Labute approximate surface area is 134 Å². The minimum atomic E-state index is -1.18. The van der Waals surface area contributed by atoms with Gasteiger partial charge in [-0.15, -0.1) is 0 Å². The number of rotatable bonds is 15. The number of carbonyl (C=O) groups is 2. The molecule has 0 unspecified atom stereocenters. The summed E-state index contributed by atoms with van der Waals surface area (Å²) in [6, 6.07) is 0. The van der Waals surface area contributed by atoms with Crippen LogP contribution in [0.4, 0.5) is 0 Å². The molecular formula is C18H32O4. The number of carboxylic acids is 2. The zero-order valence-electron chi connectivity index (χ0n) is 14.0. The van der Waals surface area contributed by atoms with E-state index in [9.17, 15) is 9.59 Å². The SMILES string of the molecule is CCCCCCCCCCCCCC/C(=C/C(=O)O)C(=O)O. The van der Waals surface area contributed by atoms with Crippen molar-refractivity contribution in [2.45, 2.75) is 90.4 Å². The van der Waals surface area contributed by atoms with Crippen LogP contribution in [0.5, 0.6) is 0 Å². The van der Waals surface area contributed by atoms with Crippen LogP contribution in [-0.2, 0) is 9.59 Å². The zero-order valence-corrected chi connectivity index (χ0v) is 14.0. The second kappa shape index (κ2) is 14.6. The zero-order chi connectivity index (χ0) is 16.6. The first-order valence-electron chi connectivity index (χ1n) is 8.74. The van der Waals surface area contributed by atoms with Gasteiger partial charge in [0.2, 0.25) is 0 Å². The van der Waals surface area contributed by atoms with Crippen molar-refractivity contribution in [3.05, 3.63) is 11.6 Å². The molecule has 0 spiro atoms. The number of hydrogen-bond donors (Lipinski definition) is 2. The lowest BCUT2D eigenvalue weighted by Crippen LogP contribution is -2.04. The van der Waals surface area contributed by atoms with Crippen LogP contribution in [0.15, 0.2) is 11.6 Å². The molecule has 0 bridgehead atoms. The standard InChI is InChI=1S/C18H32O4/c1-2-3-4-5-6-7-8-9-10-11-12-13-14-16(18(21)22)15-17(19)20/h15H,2-14H2,1H3,(H,19,20)(H,21,22)/b16-15-. The monoisotopic (exact) mass is 312 g/mol. The van der Waals surface area contributed by atoms with Gasteiger partial charge in [0.15, 0.2) is 0 Å². The van der Waals surface area contributed by atoms with Gasteiger partial charge in [-0.2, -0.15) is 0 Å². The molecule has 0 heterocycles. The molecule has 0 aliphatic rings. The summed E-state index contributed by atoms with van der Waals surface area (Å²) in [5, 5.41) is 17.5. The van der Waals surface area contributed by atoms with Crippen LogP contribution >= 0.6 is 0 Å². The Morgan fingerprint density at radius 2 is 1.14 bits per heavy atom. The first kappa shape index (κ1) is 20.7. The third-order valence-corrected chi connectivity index (χ3v) is 3.87. The summed E-state index contributed by atoms with van der Waals surface area (Å²) < 4.78 is 0. The largest absolute Gasteiger partial charge is 0.478 e. The van der Waals surface area contributed by atoms with E-state index in [0.717, 1.165) is 25.3 Å². The minimum Gasteiger partial charge on any atom is -0.478 e. The van der Waals surface area contributed by atoms with Gasteiger partial charge in [0.25, 0.3) is 0 Å². The van der Waals surface area contributed by atoms with Gasteiger partial charge in [-0.1, -0.05) is 77.6 Å². The highest BCUT2D eigenvalue weighted by molar-refractivity contribution is 5.94. The minimum absolute atomic E-state index is 0.000390. The average Bonchev–Trinajstić information content (AvgIpc) is 2.46. The summed E-state index contributed by atoms with van der Waals surface area (Å²) in [6.07, 6.45) is 15.8. The highest BCUT2D eigenvalue weighted by Crippen LogP contribution is 2.14. The van der Waals surface area contributed by atoms with Crippen molar-refractivity contribution in [2.24, 2.45) is 0 Å². The molecule has 0 fully saturated rings. The Morgan fingerprint density at radius 1 is 0.727 bits per heavy atom. The normalized spacial score (nSPS) is 11.6. The fourth-order valence-corrected chi connectivity index (χ4v) is 2.55. The summed E-state index contributed by atoms with van der Waals surface area (Å²) in [7, 11) is 0. The maximum atomic E-state index is 10.8. The van der Waals surface area contributed by atoms with Gasteiger partial charge in [0.05, 0.1) is 0 Å². The summed E-state index contributed by atoms with van der Waals surface area (Å²) in [4.78, 5) is 21.3. The lowest BCUT2D eigenvalue weighted by atomic mass is 10.0. The maximum Gasteiger partial charge on any atom is 0.331 e. The van der Waals surface area contributed by atoms with E-state index in [4.69, 9.17) is 10.2 Å². The molecule has 22 heavy (non-hydrogen) atoms. The fourth-order valence-electron chi connectivity index (χ4n) is 2.55. The van der Waals surface area contributed by atoms with E-state index in [1.54, 1.807) is 0 Å². The first-order chi connectivity index (χ1) is 10.6. The van der Waals surface area contributed by atoms with Crippen LogP contribution in [0.25, 0.3) is 0 Å². The van der Waals surface area contributed by atoms with Crippen molar-refractivity contribution in [3.8, 4) is 0 Å². The summed E-state index contributed by atoms with van der Waals surface area (Å²) in [5.74, 6) is -2.30. The van der Waals surface area contributed by atoms with E-state index >= 15 is 0 Å². The van der Waals surface area contributed by atoms with Crippen molar-refractivity contribution in [3.63, 3.8) is 0 Å². The summed E-state index contributed by atoms with van der Waals surface area (Å²) >= 11 is 0. The predicted molar refractivity (Wildman–Crippen MR) is 89.0 cm³/mol. The number of aliphatic carboxylic acids is 2. The van der Waals surface area contributed by atoms with E-state index < -0.39 is 11.9 Å². The maximum absolute atomic E-state index is 10.8. The molecule has 0 aromatic carbocycles. The van der Waals surface area contributed by atoms with Gasteiger partial charge in [-0.3, -0.25) is 0 Å². The van der Waals surface area contributed by atoms with E-state index in [1.807, 2.05) is 0 Å². The van der Waals surface area contributed by atoms with Gasteiger partial charge in [-0.25, -0.2) is 9.59 Å². The van der Waals surface area contributed by atoms with Crippen LogP contribution in [0.2, 0.25) is 0 Å². The van der Waals surface area contributed by atoms with E-state index in [-0.39, 0.29) is 5.57 Å². The van der Waals surface area contributed by atoms with Gasteiger partial charge in [0.1, 0.15) is 0 Å². The van der Waals surface area contributed by atoms with Crippen LogP contribution in [0.3, 0.4) is 0 Å². The highest BCUT2D eigenvalue weighted by Gasteiger charge is 2.08. The van der Waals surface area contributed by atoms with Crippen molar-refractivity contribution >= 4 is 11.9 Å². The van der Waals surface area contributed by atoms with Gasteiger partial charge >= 0.3 is 11.9 Å². The Morgan fingerprint density at radius 3 is 1.50 bits per heavy atom. The lowest BCUT2D eigenvalue weighted by Gasteiger charge is -2.03. The van der Waals surface area contributed by atoms with Crippen LogP contribution in [0, 0.1) is 0 Å². The summed E-state index contributed by atoms with van der Waals surface area (Å²) in [5.41, 5.74) is -0.000390. The first-order valence-corrected chi connectivity index (χ1v) is 8.74. The molecule has 2 N–H and O–H groups in total. The Bertz CT molecular complexity index is 334. The molecule has 0 amide bonds. The lowest BCUT2D eigenvalue weighted by molar-refractivity contribution is -0.135. The number of carboxylic acid groups (broad SMARTS) is 2. The van der Waals surface area contributed by atoms with Crippen molar-refractivity contribution in [1.29, 1.82) is 0 Å². The van der Waals surface area contributed by atoms with Crippen LogP contribution in [0.1, 0.15) is 90.4 Å². The molecule has 4 heteroatoms. The number of unbranched alkanes of at least 4 members (excludes halogenated alkanes) is 11. The topological polar surface area (TPSA) is 74.6 Å². The average molecular weight is 312 g/mol. The molecule has 0 saturated heterocycles. The quantitative estimate of drug-likeness (QED) is 0.323. The van der Waals surface area contributed by atoms with Gasteiger partial charge < -0.3 is 10.2 Å². The van der Waals surface area contributed by atoms with Crippen molar-refractivity contribution in [1.82, 2.24) is 0 Å². The van der Waals surface area contributed by atoms with Crippen LogP contribution < -0.4 is 0 Å². The van der Waals surface area contributed by atoms with E-state index in [0.29, 0.717) is 6.42 Å². The summed E-state index contributed by atoms with van der Waals surface area (Å²) in [6.45, 7) is 2.23. The predicted octanol–water partition coefficient (Wildman–Crippen LogP) is 5.17. The van der Waals surface area contributed by atoms with Gasteiger partial charge in [-0.05, 0) is 12.8 Å². The Hall–Kier alpha value is -1.32. The molecule has 0 radical (unpaired) electrons. The molecule has 0 atom stereocenters.